The van der Waals surface area contributed by atoms with E-state index < -0.39 is 5.41 Å². The van der Waals surface area contributed by atoms with Crippen LogP contribution in [0, 0.1) is 11.8 Å². The lowest BCUT2D eigenvalue weighted by Gasteiger charge is -2.20. The molecule has 1 amide bonds. The van der Waals surface area contributed by atoms with Crippen LogP contribution in [0.15, 0.2) is 54.1 Å². The summed E-state index contributed by atoms with van der Waals surface area (Å²) in [6.07, 6.45) is 10.4. The van der Waals surface area contributed by atoms with E-state index in [0.717, 1.165) is 35.5 Å². The summed E-state index contributed by atoms with van der Waals surface area (Å²) in [6.45, 7) is 2.45. The quantitative estimate of drug-likeness (QED) is 0.425. The Morgan fingerprint density at radius 3 is 2.66 bits per heavy atom. The van der Waals surface area contributed by atoms with Crippen molar-refractivity contribution in [3.8, 4) is 17.1 Å². The van der Waals surface area contributed by atoms with Gasteiger partial charge in [-0.2, -0.15) is 0 Å². The number of benzene rings is 1. The van der Waals surface area contributed by atoms with Crippen LogP contribution in [0.5, 0.6) is 5.88 Å². The zero-order valence-corrected chi connectivity index (χ0v) is 18.9. The minimum absolute atomic E-state index is 0.0313. The second-order valence-electron chi connectivity index (χ2n) is 8.15. The molecule has 5 rings (SSSR count). The molecule has 2 fully saturated rings. The molecule has 3 aromatic rings. The predicted molar refractivity (Wildman–Crippen MR) is 124 cm³/mol. The van der Waals surface area contributed by atoms with Crippen LogP contribution in [0.2, 0.25) is 0 Å². The molecule has 1 aromatic carbocycles. The summed E-state index contributed by atoms with van der Waals surface area (Å²) >= 11 is 1.50. The Bertz CT molecular complexity index is 1130. The van der Waals surface area contributed by atoms with Gasteiger partial charge < -0.3 is 10.1 Å². The molecule has 0 radical (unpaired) electrons. The number of aromatic nitrogens is 4. The third-order valence-electron chi connectivity index (χ3n) is 6.54. The molecule has 0 spiro atoms. The summed E-state index contributed by atoms with van der Waals surface area (Å²) in [5.41, 5.74) is 2.71. The first-order valence-electron chi connectivity index (χ1n) is 10.9. The highest BCUT2D eigenvalue weighted by Gasteiger charge is 2.72. The fourth-order valence-corrected chi connectivity index (χ4v) is 5.48. The van der Waals surface area contributed by atoms with Crippen molar-refractivity contribution in [2.45, 2.75) is 36.8 Å². The average molecular weight is 448 g/mol. The van der Waals surface area contributed by atoms with E-state index in [1.165, 1.54) is 18.2 Å². The van der Waals surface area contributed by atoms with E-state index >= 15 is 0 Å². The molecule has 0 bridgehead atoms. The maximum Gasteiger partial charge on any atom is 0.237 e. The number of rotatable bonds is 7. The predicted octanol–water partition coefficient (Wildman–Crippen LogP) is 4.36. The van der Waals surface area contributed by atoms with Gasteiger partial charge in [-0.1, -0.05) is 30.3 Å². The SMILES string of the molecule is CCOc1cncc(-c2ccc(NC(=O)C3(c4ccnc(SC)n4)[C@@H]4CCC[C@@H]43)cc2)n1. The number of nitrogens with zero attached hydrogens (tertiary/aromatic N) is 4. The topological polar surface area (TPSA) is 89.9 Å². The lowest BCUT2D eigenvalue weighted by molar-refractivity contribution is -0.119. The highest BCUT2D eigenvalue weighted by Crippen LogP contribution is 2.67. The van der Waals surface area contributed by atoms with E-state index in [-0.39, 0.29) is 5.91 Å². The van der Waals surface area contributed by atoms with Crippen LogP contribution in [0.25, 0.3) is 11.3 Å². The summed E-state index contributed by atoms with van der Waals surface area (Å²) in [6, 6.07) is 9.59. The summed E-state index contributed by atoms with van der Waals surface area (Å²) < 4.78 is 5.44. The molecule has 164 valence electrons. The summed E-state index contributed by atoms with van der Waals surface area (Å²) in [7, 11) is 0. The van der Waals surface area contributed by atoms with Gasteiger partial charge in [0.05, 0.1) is 35.8 Å². The summed E-state index contributed by atoms with van der Waals surface area (Å²) in [5, 5.41) is 3.86. The van der Waals surface area contributed by atoms with E-state index in [1.807, 2.05) is 43.5 Å². The molecule has 2 aliphatic rings. The Kier molecular flexibility index (Phi) is 5.55. The van der Waals surface area contributed by atoms with Gasteiger partial charge in [-0.05, 0) is 56.1 Å². The zero-order chi connectivity index (χ0) is 22.1. The molecule has 1 N–H and O–H groups in total. The van der Waals surface area contributed by atoms with Crippen LogP contribution in [0.4, 0.5) is 5.69 Å². The number of fused-ring (bicyclic) bond motifs is 1. The van der Waals surface area contributed by atoms with E-state index in [2.05, 4.69) is 20.3 Å². The molecule has 1 unspecified atom stereocenters. The number of anilines is 1. The first-order valence-corrected chi connectivity index (χ1v) is 12.1. The van der Waals surface area contributed by atoms with Gasteiger partial charge >= 0.3 is 0 Å². The Labute approximate surface area is 191 Å². The molecular formula is C24H25N5O2S. The van der Waals surface area contributed by atoms with Gasteiger partial charge in [0.1, 0.15) is 0 Å². The van der Waals surface area contributed by atoms with Crippen LogP contribution in [-0.2, 0) is 10.2 Å². The first kappa shape index (κ1) is 20.9. The van der Waals surface area contributed by atoms with Crippen LogP contribution in [0.1, 0.15) is 31.9 Å². The Morgan fingerprint density at radius 1 is 1.16 bits per heavy atom. The lowest BCUT2D eigenvalue weighted by Crippen LogP contribution is -2.33. The number of amides is 1. The summed E-state index contributed by atoms with van der Waals surface area (Å²) in [5.74, 6) is 1.26. The monoisotopic (exact) mass is 447 g/mol. The minimum Gasteiger partial charge on any atom is -0.477 e. The standard InChI is InChI=1S/C24H25N5O2S/c1-3-31-21-14-25-13-19(28-21)15-7-9-16(10-8-15)27-22(30)24(17-5-4-6-18(17)24)20-11-12-26-23(29-20)32-2/h7-14,17-18H,3-6H2,1-2H3,(H,27,30)/t17-,18+,24?. The number of hydrogen-bond donors (Lipinski definition) is 1. The third-order valence-corrected chi connectivity index (χ3v) is 7.10. The maximum atomic E-state index is 13.6. The van der Waals surface area contributed by atoms with Gasteiger partial charge in [0.25, 0.3) is 0 Å². The van der Waals surface area contributed by atoms with Crippen molar-refractivity contribution in [1.82, 2.24) is 19.9 Å². The molecule has 8 heteroatoms. The fourth-order valence-electron chi connectivity index (χ4n) is 5.12. The lowest BCUT2D eigenvalue weighted by atomic mass is 9.90. The molecule has 0 aliphatic heterocycles. The van der Waals surface area contributed by atoms with Gasteiger partial charge in [-0.25, -0.2) is 15.0 Å². The van der Waals surface area contributed by atoms with Gasteiger partial charge in [0, 0.05) is 17.4 Å². The van der Waals surface area contributed by atoms with Crippen molar-refractivity contribution < 1.29 is 9.53 Å². The largest absolute Gasteiger partial charge is 0.477 e. The Morgan fingerprint density at radius 2 is 1.94 bits per heavy atom. The molecule has 2 aromatic heterocycles. The van der Waals surface area contributed by atoms with Gasteiger partial charge in [0.2, 0.25) is 11.8 Å². The van der Waals surface area contributed by atoms with Crippen LogP contribution < -0.4 is 10.1 Å². The van der Waals surface area contributed by atoms with Crippen molar-refractivity contribution in [1.29, 1.82) is 0 Å². The van der Waals surface area contributed by atoms with Crippen LogP contribution >= 0.6 is 11.8 Å². The second kappa shape index (κ2) is 8.50. The van der Waals surface area contributed by atoms with E-state index in [1.54, 1.807) is 18.6 Å². The number of carbonyl (C=O) groups excluding carboxylic acids is 1. The smallest absolute Gasteiger partial charge is 0.237 e. The highest BCUT2D eigenvalue weighted by atomic mass is 32.2. The molecule has 32 heavy (non-hydrogen) atoms. The third kappa shape index (κ3) is 3.52. The van der Waals surface area contributed by atoms with Gasteiger partial charge in [-0.15, -0.1) is 0 Å². The van der Waals surface area contributed by atoms with Crippen LogP contribution in [-0.4, -0.2) is 38.7 Å². The van der Waals surface area contributed by atoms with E-state index in [0.29, 0.717) is 29.5 Å². The van der Waals surface area contributed by atoms with Crippen molar-refractivity contribution in [3.63, 3.8) is 0 Å². The number of hydrogen-bond acceptors (Lipinski definition) is 7. The number of carbonyl (C=O) groups is 1. The van der Waals surface area contributed by atoms with Crippen molar-refractivity contribution in [2.24, 2.45) is 11.8 Å². The molecule has 2 aliphatic carbocycles. The Hall–Kier alpha value is -3.00. The molecule has 2 saturated carbocycles. The van der Waals surface area contributed by atoms with Crippen molar-refractivity contribution >= 4 is 23.4 Å². The second-order valence-corrected chi connectivity index (χ2v) is 8.92. The minimum atomic E-state index is -0.540. The van der Waals surface area contributed by atoms with E-state index in [4.69, 9.17) is 9.72 Å². The number of ether oxygens (including phenoxy) is 1. The molecular weight excluding hydrogens is 422 g/mol. The zero-order valence-electron chi connectivity index (χ0n) is 18.1. The molecule has 7 nitrogen and oxygen atoms in total. The molecule has 3 atom stereocenters. The van der Waals surface area contributed by atoms with Crippen molar-refractivity contribution in [2.75, 3.05) is 18.2 Å². The first-order chi connectivity index (χ1) is 15.7. The fraction of sp³-hybridized carbons (Fsp3) is 0.375. The van der Waals surface area contributed by atoms with Gasteiger partial charge in [0.15, 0.2) is 5.16 Å². The summed E-state index contributed by atoms with van der Waals surface area (Å²) in [4.78, 5) is 31.2. The Balaban J connectivity index is 1.37. The average Bonchev–Trinajstić information content (AvgIpc) is 3.20. The molecule has 0 saturated heterocycles. The van der Waals surface area contributed by atoms with Crippen LogP contribution in [0.3, 0.4) is 0 Å². The molecule has 2 heterocycles. The number of nitrogens with one attached hydrogen (secondary N) is 1. The van der Waals surface area contributed by atoms with Gasteiger partial charge in [-0.3, -0.25) is 9.78 Å². The van der Waals surface area contributed by atoms with E-state index in [9.17, 15) is 4.79 Å². The van der Waals surface area contributed by atoms with Crippen molar-refractivity contribution in [3.05, 3.63) is 54.6 Å². The number of thioether (sulfide) groups is 1. The highest BCUT2D eigenvalue weighted by molar-refractivity contribution is 7.98. The normalized spacial score (nSPS) is 23.4. The maximum absolute atomic E-state index is 13.6.